The molecule has 1 N–H and O–H groups in total. The lowest BCUT2D eigenvalue weighted by Crippen LogP contribution is -2.43. The molecule has 0 saturated heterocycles. The van der Waals surface area contributed by atoms with Gasteiger partial charge in [-0.3, -0.25) is 4.79 Å². The Kier molecular flexibility index (Phi) is 7.34. The quantitative estimate of drug-likeness (QED) is 0.747. The summed E-state index contributed by atoms with van der Waals surface area (Å²) in [5.74, 6) is -0.614. The summed E-state index contributed by atoms with van der Waals surface area (Å²) < 4.78 is 4.96. The predicted octanol–water partition coefficient (Wildman–Crippen LogP) is 2.35. The lowest BCUT2D eigenvalue weighted by molar-refractivity contribution is -0.138. The molecule has 5 heteroatoms. The number of carboxylic acid groups (broad SMARTS) is 1. The Labute approximate surface area is 103 Å². The number of amides is 1. The third kappa shape index (κ3) is 6.14. The van der Waals surface area contributed by atoms with Crippen LogP contribution in [-0.4, -0.2) is 41.3 Å². The van der Waals surface area contributed by atoms with Crippen molar-refractivity contribution in [1.29, 1.82) is 0 Å². The molecule has 1 atom stereocenters. The predicted molar refractivity (Wildman–Crippen MR) is 64.9 cm³/mol. The number of ether oxygens (including phenoxy) is 1. The van der Waals surface area contributed by atoms with Gasteiger partial charge in [0.1, 0.15) is 0 Å². The van der Waals surface area contributed by atoms with Gasteiger partial charge in [-0.1, -0.05) is 20.8 Å². The first-order chi connectivity index (χ1) is 7.92. The number of carbonyl (C=O) groups is 2. The lowest BCUT2D eigenvalue weighted by atomic mass is 10.1. The molecule has 0 aliphatic carbocycles. The van der Waals surface area contributed by atoms with E-state index in [2.05, 4.69) is 0 Å². The number of carbonyl (C=O) groups excluding carboxylic acids is 1. The van der Waals surface area contributed by atoms with Crippen LogP contribution in [0.4, 0.5) is 4.79 Å². The Hall–Kier alpha value is -1.26. The first-order valence-corrected chi connectivity index (χ1v) is 6.07. The maximum absolute atomic E-state index is 11.8. The average Bonchev–Trinajstić information content (AvgIpc) is 2.22. The van der Waals surface area contributed by atoms with Crippen LogP contribution < -0.4 is 0 Å². The van der Waals surface area contributed by atoms with Crippen LogP contribution in [0.3, 0.4) is 0 Å². The highest BCUT2D eigenvalue weighted by Crippen LogP contribution is 2.13. The molecule has 1 amide bonds. The summed E-state index contributed by atoms with van der Waals surface area (Å²) in [5, 5.41) is 8.83. The largest absolute Gasteiger partial charge is 0.481 e. The van der Waals surface area contributed by atoms with Crippen molar-refractivity contribution >= 4 is 12.1 Å². The van der Waals surface area contributed by atoms with Crippen molar-refractivity contribution in [3.05, 3.63) is 0 Å². The van der Waals surface area contributed by atoms with Crippen molar-refractivity contribution in [3.63, 3.8) is 0 Å². The summed E-state index contributed by atoms with van der Waals surface area (Å²) in [6.07, 6.45) is 0.147. The summed E-state index contributed by atoms with van der Waals surface area (Å²) in [6.45, 7) is 8.41. The van der Waals surface area contributed by atoms with Crippen LogP contribution in [0.2, 0.25) is 0 Å². The Morgan fingerprint density at radius 1 is 1.29 bits per heavy atom. The summed E-state index contributed by atoms with van der Waals surface area (Å²) in [4.78, 5) is 24.1. The van der Waals surface area contributed by atoms with Gasteiger partial charge in [0.25, 0.3) is 0 Å². The minimum Gasteiger partial charge on any atom is -0.481 e. The standard InChI is InChI=1S/C12H23NO4/c1-5-10(7-11(14)15)13(8-9(3)4)12(16)17-6-2/h9-10H,5-8H2,1-4H3,(H,14,15). The molecule has 0 bridgehead atoms. The molecule has 0 aromatic heterocycles. The van der Waals surface area contributed by atoms with Crippen LogP contribution in [0.25, 0.3) is 0 Å². The van der Waals surface area contributed by atoms with Gasteiger partial charge in [0, 0.05) is 12.6 Å². The van der Waals surface area contributed by atoms with Crippen LogP contribution >= 0.6 is 0 Å². The van der Waals surface area contributed by atoms with E-state index in [9.17, 15) is 9.59 Å². The van der Waals surface area contributed by atoms with Crippen LogP contribution in [0, 0.1) is 5.92 Å². The number of hydrogen-bond donors (Lipinski definition) is 1. The fourth-order valence-corrected chi connectivity index (χ4v) is 1.65. The van der Waals surface area contributed by atoms with Crippen LogP contribution in [0.5, 0.6) is 0 Å². The number of nitrogens with zero attached hydrogens (tertiary/aromatic N) is 1. The second-order valence-corrected chi connectivity index (χ2v) is 4.41. The van der Waals surface area contributed by atoms with E-state index < -0.39 is 12.1 Å². The molecule has 0 fully saturated rings. The SMILES string of the molecule is CCOC(=O)N(CC(C)C)C(CC)CC(=O)O. The number of carboxylic acids is 1. The van der Waals surface area contributed by atoms with E-state index in [1.165, 1.54) is 4.90 Å². The van der Waals surface area contributed by atoms with Crippen LogP contribution in [0.15, 0.2) is 0 Å². The van der Waals surface area contributed by atoms with Crippen LogP contribution in [0.1, 0.15) is 40.5 Å². The van der Waals surface area contributed by atoms with Gasteiger partial charge in [0.15, 0.2) is 0 Å². The normalized spacial score (nSPS) is 12.3. The molecule has 1 unspecified atom stereocenters. The first-order valence-electron chi connectivity index (χ1n) is 6.07. The van der Waals surface area contributed by atoms with Crippen molar-refractivity contribution in [2.45, 2.75) is 46.6 Å². The van der Waals surface area contributed by atoms with Gasteiger partial charge < -0.3 is 14.7 Å². The Morgan fingerprint density at radius 3 is 2.24 bits per heavy atom. The van der Waals surface area contributed by atoms with Gasteiger partial charge in [0.2, 0.25) is 0 Å². The molecule has 5 nitrogen and oxygen atoms in total. The summed E-state index contributed by atoms with van der Waals surface area (Å²) >= 11 is 0. The highest BCUT2D eigenvalue weighted by atomic mass is 16.6. The van der Waals surface area contributed by atoms with Gasteiger partial charge in [-0.25, -0.2) is 4.79 Å². The van der Waals surface area contributed by atoms with Crippen LogP contribution in [-0.2, 0) is 9.53 Å². The summed E-state index contributed by atoms with van der Waals surface area (Å²) in [6, 6.07) is -0.297. The molecule has 17 heavy (non-hydrogen) atoms. The van der Waals surface area contributed by atoms with Crippen molar-refractivity contribution in [2.24, 2.45) is 5.92 Å². The Bertz CT molecular complexity index is 253. The second kappa shape index (κ2) is 7.92. The molecule has 0 spiro atoms. The fraction of sp³-hybridized carbons (Fsp3) is 0.833. The fourth-order valence-electron chi connectivity index (χ4n) is 1.65. The molecule has 0 radical (unpaired) electrons. The molecular weight excluding hydrogens is 222 g/mol. The topological polar surface area (TPSA) is 66.8 Å². The number of aliphatic carboxylic acids is 1. The maximum atomic E-state index is 11.8. The van der Waals surface area contributed by atoms with E-state index in [-0.39, 0.29) is 18.4 Å². The van der Waals surface area contributed by atoms with Crippen molar-refractivity contribution in [3.8, 4) is 0 Å². The summed E-state index contributed by atoms with van der Waals surface area (Å²) in [7, 11) is 0. The molecule has 0 aromatic carbocycles. The molecule has 100 valence electrons. The molecular formula is C12H23NO4. The minimum absolute atomic E-state index is 0.0396. The lowest BCUT2D eigenvalue weighted by Gasteiger charge is -2.30. The van der Waals surface area contributed by atoms with Gasteiger partial charge >= 0.3 is 12.1 Å². The van der Waals surface area contributed by atoms with E-state index in [0.29, 0.717) is 19.6 Å². The average molecular weight is 245 g/mol. The van der Waals surface area contributed by atoms with Crippen molar-refractivity contribution in [2.75, 3.05) is 13.2 Å². The smallest absolute Gasteiger partial charge is 0.410 e. The zero-order chi connectivity index (χ0) is 13.4. The van der Waals surface area contributed by atoms with E-state index in [4.69, 9.17) is 9.84 Å². The van der Waals surface area contributed by atoms with Gasteiger partial charge in [-0.15, -0.1) is 0 Å². The minimum atomic E-state index is -0.894. The summed E-state index contributed by atoms with van der Waals surface area (Å²) in [5.41, 5.74) is 0. The van der Waals surface area contributed by atoms with E-state index in [0.717, 1.165) is 0 Å². The van der Waals surface area contributed by atoms with E-state index >= 15 is 0 Å². The van der Waals surface area contributed by atoms with Crippen molar-refractivity contribution in [1.82, 2.24) is 4.90 Å². The highest BCUT2D eigenvalue weighted by molar-refractivity contribution is 5.71. The number of hydrogen-bond acceptors (Lipinski definition) is 3. The van der Waals surface area contributed by atoms with E-state index in [1.807, 2.05) is 20.8 Å². The third-order valence-corrected chi connectivity index (χ3v) is 2.39. The molecule has 0 aliphatic heterocycles. The molecule has 0 aromatic rings. The number of rotatable bonds is 7. The zero-order valence-corrected chi connectivity index (χ0v) is 11.1. The Morgan fingerprint density at radius 2 is 1.88 bits per heavy atom. The zero-order valence-electron chi connectivity index (χ0n) is 11.1. The van der Waals surface area contributed by atoms with Crippen molar-refractivity contribution < 1.29 is 19.4 Å². The highest BCUT2D eigenvalue weighted by Gasteiger charge is 2.26. The molecule has 0 saturated carbocycles. The Balaban J connectivity index is 4.72. The van der Waals surface area contributed by atoms with E-state index in [1.54, 1.807) is 6.92 Å². The maximum Gasteiger partial charge on any atom is 0.410 e. The molecule has 0 aliphatic rings. The van der Waals surface area contributed by atoms with Gasteiger partial charge in [0.05, 0.1) is 13.0 Å². The first kappa shape index (κ1) is 15.7. The molecule has 0 rings (SSSR count). The third-order valence-electron chi connectivity index (χ3n) is 2.39. The molecule has 0 heterocycles. The van der Waals surface area contributed by atoms with Gasteiger partial charge in [-0.05, 0) is 19.3 Å². The second-order valence-electron chi connectivity index (χ2n) is 4.41. The van der Waals surface area contributed by atoms with Gasteiger partial charge in [-0.2, -0.15) is 0 Å². The monoisotopic (exact) mass is 245 g/mol.